The van der Waals surface area contributed by atoms with E-state index in [2.05, 4.69) is 34.0 Å². The standard InChI is InChI=1S/C24H22N2O4S/c1-15(16-10-11-31-14-16)13-26(18-6-8-20(30-2)9-7-18)19-5-3-4-17(12-19)25-21-22(27)24(29)23(21)28/h3-12,14-15,21,25H,13H2,1-2H3. The number of ketones is 3. The van der Waals surface area contributed by atoms with E-state index in [-0.39, 0.29) is 5.92 Å². The molecule has 6 nitrogen and oxygen atoms in total. The highest BCUT2D eigenvalue weighted by atomic mass is 32.1. The number of carbonyl (C=O) groups excluding carboxylic acids is 3. The monoisotopic (exact) mass is 434 g/mol. The molecule has 1 aliphatic carbocycles. The molecule has 1 aromatic heterocycles. The van der Waals surface area contributed by atoms with Crippen LogP contribution in [-0.2, 0) is 14.4 Å². The molecular formula is C24H22N2O4S. The van der Waals surface area contributed by atoms with Crippen LogP contribution in [0.25, 0.3) is 0 Å². The second kappa shape index (κ2) is 8.73. The van der Waals surface area contributed by atoms with Crippen molar-refractivity contribution in [3.63, 3.8) is 0 Å². The van der Waals surface area contributed by atoms with E-state index in [0.717, 1.165) is 23.7 Å². The summed E-state index contributed by atoms with van der Waals surface area (Å²) in [6.07, 6.45) is 0. The number of rotatable bonds is 8. The Balaban J connectivity index is 1.63. The summed E-state index contributed by atoms with van der Waals surface area (Å²) >= 11 is 1.67. The van der Waals surface area contributed by atoms with Crippen LogP contribution in [0, 0.1) is 0 Å². The summed E-state index contributed by atoms with van der Waals surface area (Å²) in [4.78, 5) is 36.8. The molecule has 0 amide bonds. The summed E-state index contributed by atoms with van der Waals surface area (Å²) < 4.78 is 5.29. The van der Waals surface area contributed by atoms with E-state index in [1.165, 1.54) is 5.56 Å². The van der Waals surface area contributed by atoms with Crippen molar-refractivity contribution in [2.75, 3.05) is 23.9 Å². The fraction of sp³-hybridized carbons (Fsp3) is 0.208. The summed E-state index contributed by atoms with van der Waals surface area (Å²) in [6, 6.07) is 16.4. The van der Waals surface area contributed by atoms with Gasteiger partial charge in [-0.2, -0.15) is 11.3 Å². The first kappa shape index (κ1) is 20.8. The molecule has 1 N–H and O–H groups in total. The second-order valence-corrected chi connectivity index (χ2v) is 8.23. The van der Waals surface area contributed by atoms with Gasteiger partial charge in [0.1, 0.15) is 5.75 Å². The van der Waals surface area contributed by atoms with Crippen molar-refractivity contribution in [2.24, 2.45) is 0 Å². The molecule has 0 aliphatic heterocycles. The summed E-state index contributed by atoms with van der Waals surface area (Å²) in [5.41, 5.74) is 3.77. The quantitative estimate of drug-likeness (QED) is 0.423. The van der Waals surface area contributed by atoms with E-state index in [1.54, 1.807) is 24.5 Å². The average Bonchev–Trinajstić information content (AvgIpc) is 3.35. The smallest absolute Gasteiger partial charge is 0.269 e. The third kappa shape index (κ3) is 4.22. The number of nitrogens with one attached hydrogen (secondary N) is 1. The van der Waals surface area contributed by atoms with Gasteiger partial charge in [-0.3, -0.25) is 14.4 Å². The summed E-state index contributed by atoms with van der Waals surface area (Å²) in [6.45, 7) is 2.91. The van der Waals surface area contributed by atoms with Crippen molar-refractivity contribution in [3.05, 3.63) is 70.9 Å². The normalized spacial score (nSPS) is 14.8. The van der Waals surface area contributed by atoms with Gasteiger partial charge in [0.05, 0.1) is 7.11 Å². The van der Waals surface area contributed by atoms with Crippen molar-refractivity contribution in [3.8, 4) is 5.75 Å². The van der Waals surface area contributed by atoms with Gasteiger partial charge >= 0.3 is 0 Å². The van der Waals surface area contributed by atoms with Crippen LogP contribution in [0.1, 0.15) is 18.4 Å². The number of Topliss-reactive ketones (excluding diaryl/α,β-unsaturated/α-hetero) is 3. The molecule has 1 fully saturated rings. The molecule has 1 heterocycles. The fourth-order valence-corrected chi connectivity index (χ4v) is 4.33. The molecule has 7 heteroatoms. The number of methoxy groups -OCH3 is 1. The maximum Gasteiger partial charge on any atom is 0.269 e. The van der Waals surface area contributed by atoms with Crippen molar-refractivity contribution >= 4 is 45.7 Å². The molecule has 0 saturated heterocycles. The minimum Gasteiger partial charge on any atom is -0.497 e. The summed E-state index contributed by atoms with van der Waals surface area (Å²) in [5.74, 6) is -1.26. The highest BCUT2D eigenvalue weighted by Crippen LogP contribution is 2.32. The van der Waals surface area contributed by atoms with Crippen molar-refractivity contribution < 1.29 is 19.1 Å². The van der Waals surface area contributed by atoms with Crippen molar-refractivity contribution in [1.29, 1.82) is 0 Å². The van der Waals surface area contributed by atoms with Crippen LogP contribution >= 0.6 is 11.3 Å². The number of thiophene rings is 1. The minimum absolute atomic E-state index is 0.275. The molecule has 2 aromatic carbocycles. The molecule has 1 atom stereocenters. The van der Waals surface area contributed by atoms with Crippen LogP contribution < -0.4 is 15.0 Å². The number of carbonyl (C=O) groups is 3. The molecule has 3 aromatic rings. The number of nitrogens with zero attached hydrogens (tertiary/aromatic N) is 1. The third-order valence-corrected chi connectivity index (χ3v) is 6.10. The Morgan fingerprint density at radius 2 is 1.77 bits per heavy atom. The van der Waals surface area contributed by atoms with E-state index in [0.29, 0.717) is 5.69 Å². The van der Waals surface area contributed by atoms with Gasteiger partial charge in [0.15, 0.2) is 6.04 Å². The number of ether oxygens (including phenoxy) is 1. The second-order valence-electron chi connectivity index (χ2n) is 7.45. The maximum atomic E-state index is 11.7. The van der Waals surface area contributed by atoms with Gasteiger partial charge in [0.25, 0.3) is 5.78 Å². The van der Waals surface area contributed by atoms with Crippen LogP contribution in [0.3, 0.4) is 0 Å². The van der Waals surface area contributed by atoms with Gasteiger partial charge in [-0.05, 0) is 70.8 Å². The fourth-order valence-electron chi connectivity index (χ4n) is 3.54. The lowest BCUT2D eigenvalue weighted by Crippen LogP contribution is -2.57. The molecule has 0 spiro atoms. The topological polar surface area (TPSA) is 75.7 Å². The molecule has 31 heavy (non-hydrogen) atoms. The maximum absolute atomic E-state index is 11.7. The highest BCUT2D eigenvalue weighted by Gasteiger charge is 2.48. The van der Waals surface area contributed by atoms with Gasteiger partial charge < -0.3 is 15.0 Å². The zero-order valence-electron chi connectivity index (χ0n) is 17.2. The predicted octanol–water partition coefficient (Wildman–Crippen LogP) is 4.20. The van der Waals surface area contributed by atoms with Gasteiger partial charge in [0, 0.05) is 23.6 Å². The Labute approximate surface area is 184 Å². The molecule has 1 saturated carbocycles. The Hall–Kier alpha value is -3.45. The van der Waals surface area contributed by atoms with E-state index in [1.807, 2.05) is 42.5 Å². The average molecular weight is 435 g/mol. The van der Waals surface area contributed by atoms with E-state index in [4.69, 9.17) is 4.74 Å². The largest absolute Gasteiger partial charge is 0.497 e. The predicted molar refractivity (Wildman–Crippen MR) is 122 cm³/mol. The van der Waals surface area contributed by atoms with E-state index in [9.17, 15) is 14.4 Å². The Morgan fingerprint density at radius 1 is 1.03 bits per heavy atom. The zero-order valence-corrected chi connectivity index (χ0v) is 18.0. The first-order valence-corrected chi connectivity index (χ1v) is 10.8. The lowest BCUT2D eigenvalue weighted by atomic mass is 9.87. The van der Waals surface area contributed by atoms with Crippen LogP contribution in [-0.4, -0.2) is 37.0 Å². The van der Waals surface area contributed by atoms with E-state index < -0.39 is 23.4 Å². The minimum atomic E-state index is -1.08. The van der Waals surface area contributed by atoms with Crippen molar-refractivity contribution in [1.82, 2.24) is 0 Å². The summed E-state index contributed by atoms with van der Waals surface area (Å²) in [7, 11) is 1.63. The highest BCUT2D eigenvalue weighted by molar-refractivity contribution is 7.08. The van der Waals surface area contributed by atoms with Crippen LogP contribution in [0.4, 0.5) is 17.1 Å². The zero-order chi connectivity index (χ0) is 22.0. The Bertz CT molecular complexity index is 1090. The molecular weight excluding hydrogens is 412 g/mol. The Morgan fingerprint density at radius 3 is 2.42 bits per heavy atom. The lowest BCUT2D eigenvalue weighted by Gasteiger charge is -2.29. The number of benzene rings is 2. The molecule has 4 rings (SSSR count). The van der Waals surface area contributed by atoms with Crippen molar-refractivity contribution in [2.45, 2.75) is 18.9 Å². The first-order valence-electron chi connectivity index (χ1n) is 9.90. The van der Waals surface area contributed by atoms with Crippen LogP contribution in [0.2, 0.25) is 0 Å². The number of anilines is 3. The third-order valence-electron chi connectivity index (χ3n) is 5.39. The molecule has 0 radical (unpaired) electrons. The van der Waals surface area contributed by atoms with Gasteiger partial charge in [0.2, 0.25) is 11.6 Å². The first-order chi connectivity index (χ1) is 15.0. The van der Waals surface area contributed by atoms with Crippen LogP contribution in [0.15, 0.2) is 65.4 Å². The molecule has 1 aliphatic rings. The molecule has 158 valence electrons. The SMILES string of the molecule is COc1ccc(N(CC(C)c2ccsc2)c2cccc(NC3C(=O)C(=O)C3=O)c2)cc1. The van der Waals surface area contributed by atoms with E-state index >= 15 is 0 Å². The van der Waals surface area contributed by atoms with Gasteiger partial charge in [-0.1, -0.05) is 13.0 Å². The number of hydrogen-bond donors (Lipinski definition) is 1. The number of hydrogen-bond acceptors (Lipinski definition) is 7. The van der Waals surface area contributed by atoms with Crippen LogP contribution in [0.5, 0.6) is 5.75 Å². The van der Waals surface area contributed by atoms with Gasteiger partial charge in [-0.25, -0.2) is 0 Å². The van der Waals surface area contributed by atoms with Gasteiger partial charge in [-0.15, -0.1) is 0 Å². The lowest BCUT2D eigenvalue weighted by molar-refractivity contribution is -0.152. The summed E-state index contributed by atoms with van der Waals surface area (Å²) in [5, 5.41) is 7.11. The molecule has 1 unspecified atom stereocenters. The Kier molecular flexibility index (Phi) is 5.86. The molecule has 0 bridgehead atoms.